The Balaban J connectivity index is 0.00000450. The first kappa shape index (κ1) is 26.6. The first-order chi connectivity index (χ1) is 13.7. The number of hydrogen-bond acceptors (Lipinski definition) is 6. The number of guanidine groups is 1. The number of morpholine rings is 1. The van der Waals surface area contributed by atoms with Gasteiger partial charge in [-0.3, -0.25) is 9.89 Å². The van der Waals surface area contributed by atoms with Gasteiger partial charge in [-0.2, -0.15) is 13.2 Å². The van der Waals surface area contributed by atoms with Gasteiger partial charge in [-0.1, -0.05) is 0 Å². The summed E-state index contributed by atoms with van der Waals surface area (Å²) in [7, 11) is 0. The van der Waals surface area contributed by atoms with Crippen LogP contribution in [0, 0.1) is 0 Å². The average Bonchev–Trinajstić information content (AvgIpc) is 2.69. The monoisotopic (exact) mass is 545 g/mol. The Hall–Kier alpha value is -1.41. The predicted molar refractivity (Wildman–Crippen MR) is 121 cm³/mol. The van der Waals surface area contributed by atoms with E-state index in [9.17, 15) is 13.2 Å². The molecule has 8 nitrogen and oxygen atoms in total. The van der Waals surface area contributed by atoms with Gasteiger partial charge in [0, 0.05) is 44.5 Å². The number of hydrogen-bond donors (Lipinski definition) is 3. The fourth-order valence-corrected chi connectivity index (χ4v) is 2.84. The van der Waals surface area contributed by atoms with Crippen LogP contribution in [0.5, 0.6) is 0 Å². The van der Waals surface area contributed by atoms with Gasteiger partial charge in [0.15, 0.2) is 5.96 Å². The van der Waals surface area contributed by atoms with Crippen molar-refractivity contribution >= 4 is 35.9 Å². The van der Waals surface area contributed by atoms with Crippen molar-refractivity contribution in [2.45, 2.75) is 32.5 Å². The Morgan fingerprint density at radius 1 is 1.20 bits per heavy atom. The zero-order valence-corrected chi connectivity index (χ0v) is 19.9. The number of nitrogens with zero attached hydrogens (tertiary/aromatic N) is 4. The third-order valence-corrected chi connectivity index (χ3v) is 4.48. The van der Waals surface area contributed by atoms with Gasteiger partial charge >= 0.3 is 6.18 Å². The van der Waals surface area contributed by atoms with Gasteiger partial charge in [-0.05, 0) is 26.8 Å². The van der Waals surface area contributed by atoms with E-state index in [0.717, 1.165) is 38.6 Å². The van der Waals surface area contributed by atoms with Gasteiger partial charge in [0.25, 0.3) is 0 Å². The highest BCUT2D eigenvalue weighted by Crippen LogP contribution is 2.27. The van der Waals surface area contributed by atoms with E-state index in [1.807, 2.05) is 6.92 Å². The summed E-state index contributed by atoms with van der Waals surface area (Å²) < 4.78 is 43.5. The minimum Gasteiger partial charge on any atom is -0.379 e. The summed E-state index contributed by atoms with van der Waals surface area (Å²) in [6.07, 6.45) is -3.40. The molecule has 0 aromatic carbocycles. The lowest BCUT2D eigenvalue weighted by molar-refractivity contribution is -0.141. The van der Waals surface area contributed by atoms with Crippen LogP contribution in [0.2, 0.25) is 0 Å². The third kappa shape index (κ3) is 8.76. The highest BCUT2D eigenvalue weighted by Gasteiger charge is 2.32. The second-order valence-electron chi connectivity index (χ2n) is 7.22. The highest BCUT2D eigenvalue weighted by molar-refractivity contribution is 14.0. The van der Waals surface area contributed by atoms with Crippen molar-refractivity contribution in [2.24, 2.45) is 4.99 Å². The smallest absolute Gasteiger partial charge is 0.379 e. The lowest BCUT2D eigenvalue weighted by Crippen LogP contribution is -2.52. The van der Waals surface area contributed by atoms with Crippen LogP contribution in [0.4, 0.5) is 19.1 Å². The quantitative estimate of drug-likeness (QED) is 0.200. The topological polar surface area (TPSA) is 86.7 Å². The van der Waals surface area contributed by atoms with Gasteiger partial charge in [-0.25, -0.2) is 9.97 Å². The van der Waals surface area contributed by atoms with Crippen LogP contribution in [0.3, 0.4) is 0 Å². The van der Waals surface area contributed by atoms with Crippen molar-refractivity contribution in [3.8, 4) is 0 Å². The van der Waals surface area contributed by atoms with Crippen LogP contribution < -0.4 is 16.0 Å². The largest absolute Gasteiger partial charge is 0.433 e. The minimum atomic E-state index is -4.49. The number of alkyl halides is 3. The summed E-state index contributed by atoms with van der Waals surface area (Å²) in [5, 5.41) is 9.13. The van der Waals surface area contributed by atoms with E-state index < -0.39 is 11.9 Å². The molecule has 30 heavy (non-hydrogen) atoms. The summed E-state index contributed by atoms with van der Waals surface area (Å²) in [5.74, 6) is 0.595. The van der Waals surface area contributed by atoms with E-state index in [2.05, 4.69) is 49.7 Å². The normalized spacial score (nSPS) is 16.0. The number of aromatic nitrogens is 2. The van der Waals surface area contributed by atoms with Crippen LogP contribution in [-0.2, 0) is 10.9 Å². The molecule has 0 atom stereocenters. The van der Waals surface area contributed by atoms with Crippen molar-refractivity contribution in [1.29, 1.82) is 0 Å². The Bertz CT molecular complexity index is 667. The molecule has 2 rings (SSSR count). The fraction of sp³-hybridized carbons (Fsp3) is 0.722. The summed E-state index contributed by atoms with van der Waals surface area (Å²) >= 11 is 0. The number of ether oxygens (including phenoxy) is 1. The zero-order chi connectivity index (χ0) is 21.3. The van der Waals surface area contributed by atoms with E-state index in [0.29, 0.717) is 32.1 Å². The lowest BCUT2D eigenvalue weighted by atomic mass is 10.0. The van der Waals surface area contributed by atoms with Crippen molar-refractivity contribution in [2.75, 3.05) is 57.8 Å². The number of nitrogens with one attached hydrogen (secondary N) is 3. The molecule has 12 heteroatoms. The molecule has 1 fully saturated rings. The molecular weight excluding hydrogens is 514 g/mol. The molecular formula is C18H31F3IN7O. The second kappa shape index (κ2) is 12.4. The van der Waals surface area contributed by atoms with E-state index >= 15 is 0 Å². The Kier molecular flexibility index (Phi) is 11.0. The summed E-state index contributed by atoms with van der Waals surface area (Å²) in [4.78, 5) is 14.3. The molecule has 0 bridgehead atoms. The zero-order valence-electron chi connectivity index (χ0n) is 17.6. The van der Waals surface area contributed by atoms with Gasteiger partial charge in [0.1, 0.15) is 5.69 Å². The van der Waals surface area contributed by atoms with Crippen LogP contribution in [0.15, 0.2) is 17.3 Å². The molecule has 0 saturated carbocycles. The highest BCUT2D eigenvalue weighted by atomic mass is 127. The van der Waals surface area contributed by atoms with Crippen LogP contribution in [-0.4, -0.2) is 78.8 Å². The molecule has 1 aliphatic rings. The maximum atomic E-state index is 12.7. The SMILES string of the molecule is CCNC(=NCC(C)(C)N1CCOCC1)NCCNc1nccc(C(F)(F)F)n1.I. The summed E-state index contributed by atoms with van der Waals surface area (Å²) in [6.45, 7) is 11.6. The number of anilines is 1. The molecule has 1 saturated heterocycles. The Morgan fingerprint density at radius 3 is 2.53 bits per heavy atom. The second-order valence-corrected chi connectivity index (χ2v) is 7.22. The van der Waals surface area contributed by atoms with Crippen molar-refractivity contribution < 1.29 is 17.9 Å². The van der Waals surface area contributed by atoms with E-state index in [-0.39, 0.29) is 35.5 Å². The number of rotatable bonds is 8. The first-order valence-corrected chi connectivity index (χ1v) is 9.71. The van der Waals surface area contributed by atoms with Crippen molar-refractivity contribution in [3.63, 3.8) is 0 Å². The summed E-state index contributed by atoms with van der Waals surface area (Å²) in [6, 6.07) is 0.843. The molecule has 2 heterocycles. The van der Waals surface area contributed by atoms with E-state index in [1.54, 1.807) is 0 Å². The first-order valence-electron chi connectivity index (χ1n) is 9.71. The molecule has 1 aromatic heterocycles. The molecule has 0 amide bonds. The molecule has 0 radical (unpaired) electrons. The molecule has 3 N–H and O–H groups in total. The Morgan fingerprint density at radius 2 is 1.90 bits per heavy atom. The predicted octanol–water partition coefficient (Wildman–Crippen LogP) is 2.19. The van der Waals surface area contributed by atoms with Crippen LogP contribution in [0.1, 0.15) is 26.5 Å². The van der Waals surface area contributed by atoms with Crippen LogP contribution >= 0.6 is 24.0 Å². The van der Waals surface area contributed by atoms with Crippen molar-refractivity contribution in [3.05, 3.63) is 18.0 Å². The lowest BCUT2D eigenvalue weighted by Gasteiger charge is -2.39. The molecule has 172 valence electrons. The minimum absolute atomic E-state index is 0. The number of aliphatic imine (C=N–C) groups is 1. The van der Waals surface area contributed by atoms with Gasteiger partial charge in [0.05, 0.1) is 19.8 Å². The van der Waals surface area contributed by atoms with Gasteiger partial charge < -0.3 is 20.7 Å². The molecule has 0 spiro atoms. The van der Waals surface area contributed by atoms with Crippen molar-refractivity contribution in [1.82, 2.24) is 25.5 Å². The molecule has 0 unspecified atom stereocenters. The summed E-state index contributed by atoms with van der Waals surface area (Å²) in [5.41, 5.74) is -1.07. The number of halogens is 4. The average molecular weight is 545 g/mol. The molecule has 0 aliphatic carbocycles. The maximum Gasteiger partial charge on any atom is 0.433 e. The third-order valence-electron chi connectivity index (χ3n) is 4.48. The fourth-order valence-electron chi connectivity index (χ4n) is 2.84. The van der Waals surface area contributed by atoms with Gasteiger partial charge in [-0.15, -0.1) is 24.0 Å². The Labute approximate surface area is 192 Å². The van der Waals surface area contributed by atoms with E-state index in [4.69, 9.17) is 4.74 Å². The molecule has 1 aromatic rings. The van der Waals surface area contributed by atoms with Crippen LogP contribution in [0.25, 0.3) is 0 Å². The maximum absolute atomic E-state index is 12.7. The van der Waals surface area contributed by atoms with E-state index in [1.165, 1.54) is 0 Å². The molecule has 1 aliphatic heterocycles. The van der Waals surface area contributed by atoms with Gasteiger partial charge in [0.2, 0.25) is 5.95 Å². The standard InChI is InChI=1S/C18H30F3N7O.HI/c1-4-22-15(26-13-17(2,3)28-9-11-29-12-10-28)24-7-8-25-16-23-6-5-14(27-16)18(19,20)21;/h5-6H,4,7-13H2,1-3H3,(H2,22,24,26)(H,23,25,27);1H.